The highest BCUT2D eigenvalue weighted by Gasteiger charge is 2.19. The molecule has 0 aromatic carbocycles. The second-order valence-electron chi connectivity index (χ2n) is 4.03. The van der Waals surface area contributed by atoms with Crippen molar-refractivity contribution in [1.82, 2.24) is 0 Å². The van der Waals surface area contributed by atoms with Crippen LogP contribution in [0, 0.1) is 0 Å². The first-order valence-electron chi connectivity index (χ1n) is 6.75. The molecule has 1 atom stereocenters. The summed E-state index contributed by atoms with van der Waals surface area (Å²) in [5.74, 6) is 0. The molecule has 110 valence electrons. The molecule has 0 saturated heterocycles. The Bertz CT molecular complexity index is 229. The molecular formula is C12H27O5P. The lowest BCUT2D eigenvalue weighted by Crippen LogP contribution is -2.17. The lowest BCUT2D eigenvalue weighted by molar-refractivity contribution is -0.139. The van der Waals surface area contributed by atoms with E-state index in [-0.39, 0.29) is 12.5 Å². The van der Waals surface area contributed by atoms with E-state index < -0.39 is 7.60 Å². The van der Waals surface area contributed by atoms with E-state index in [0.717, 1.165) is 12.8 Å². The summed E-state index contributed by atoms with van der Waals surface area (Å²) in [5.41, 5.74) is 0. The first kappa shape index (κ1) is 18.1. The molecule has 0 bridgehead atoms. The highest BCUT2D eigenvalue weighted by molar-refractivity contribution is 7.52. The summed E-state index contributed by atoms with van der Waals surface area (Å²) < 4.78 is 27.4. The molecule has 0 saturated carbocycles. The molecule has 0 radical (unpaired) electrons. The molecule has 0 spiro atoms. The second kappa shape index (κ2) is 10.9. The summed E-state index contributed by atoms with van der Waals surface area (Å²) >= 11 is 0. The summed E-state index contributed by atoms with van der Waals surface area (Å²) in [6.45, 7) is 7.32. The van der Waals surface area contributed by atoms with Gasteiger partial charge in [-0.3, -0.25) is 4.57 Å². The van der Waals surface area contributed by atoms with Crippen molar-refractivity contribution in [1.29, 1.82) is 0 Å². The molecule has 0 aromatic rings. The molecule has 0 aliphatic heterocycles. The standard InChI is InChI=1S/C12H27O5P/c1-4-7-10-17-18(13,14)11-8-9-12(15-5-2)16-6-3/h12H,4-11H2,1-3H3,(H,13,14). The van der Waals surface area contributed by atoms with Crippen LogP contribution in [0.25, 0.3) is 0 Å². The predicted octanol–water partition coefficient (Wildman–Crippen LogP) is 3.17. The van der Waals surface area contributed by atoms with Crippen LogP contribution in [0.4, 0.5) is 0 Å². The fourth-order valence-electron chi connectivity index (χ4n) is 1.46. The molecule has 1 N–H and O–H groups in total. The summed E-state index contributed by atoms with van der Waals surface area (Å²) in [6.07, 6.45) is 2.82. The fourth-order valence-corrected chi connectivity index (χ4v) is 2.59. The Balaban J connectivity index is 3.80. The van der Waals surface area contributed by atoms with Gasteiger partial charge in [0, 0.05) is 13.2 Å². The third-order valence-electron chi connectivity index (χ3n) is 2.38. The van der Waals surface area contributed by atoms with Gasteiger partial charge >= 0.3 is 7.60 Å². The zero-order valence-corrected chi connectivity index (χ0v) is 12.7. The van der Waals surface area contributed by atoms with Crippen molar-refractivity contribution in [2.75, 3.05) is 26.0 Å². The zero-order valence-electron chi connectivity index (χ0n) is 11.8. The fraction of sp³-hybridized carbons (Fsp3) is 1.00. The number of unbranched alkanes of at least 4 members (excludes halogenated alkanes) is 1. The zero-order chi connectivity index (χ0) is 13.9. The van der Waals surface area contributed by atoms with Gasteiger partial charge in [0.05, 0.1) is 12.8 Å². The van der Waals surface area contributed by atoms with E-state index in [1.807, 2.05) is 20.8 Å². The molecule has 0 rings (SSSR count). The minimum atomic E-state index is -3.43. The van der Waals surface area contributed by atoms with Crippen LogP contribution >= 0.6 is 7.60 Å². The van der Waals surface area contributed by atoms with E-state index in [9.17, 15) is 9.46 Å². The van der Waals surface area contributed by atoms with Gasteiger partial charge in [0.2, 0.25) is 0 Å². The van der Waals surface area contributed by atoms with Crippen LogP contribution in [-0.4, -0.2) is 37.2 Å². The van der Waals surface area contributed by atoms with Crippen LogP contribution < -0.4 is 0 Å². The first-order valence-corrected chi connectivity index (χ1v) is 8.51. The van der Waals surface area contributed by atoms with Crippen molar-refractivity contribution in [3.05, 3.63) is 0 Å². The lowest BCUT2D eigenvalue weighted by atomic mass is 10.3. The van der Waals surface area contributed by atoms with Gasteiger partial charge < -0.3 is 18.9 Å². The molecule has 0 amide bonds. The molecule has 0 fully saturated rings. The van der Waals surface area contributed by atoms with Gasteiger partial charge in [-0.05, 0) is 33.1 Å². The Morgan fingerprint density at radius 1 is 1.11 bits per heavy atom. The van der Waals surface area contributed by atoms with Crippen LogP contribution in [0.5, 0.6) is 0 Å². The second-order valence-corrected chi connectivity index (χ2v) is 6.01. The van der Waals surface area contributed by atoms with Crippen molar-refractivity contribution in [2.24, 2.45) is 0 Å². The Morgan fingerprint density at radius 2 is 1.72 bits per heavy atom. The van der Waals surface area contributed by atoms with Crippen LogP contribution in [0.2, 0.25) is 0 Å². The topological polar surface area (TPSA) is 65.0 Å². The number of rotatable bonds is 12. The molecule has 1 unspecified atom stereocenters. The van der Waals surface area contributed by atoms with Gasteiger partial charge in [-0.25, -0.2) is 0 Å². The predicted molar refractivity (Wildman–Crippen MR) is 71.8 cm³/mol. The molecule has 0 aromatic heterocycles. The van der Waals surface area contributed by atoms with Crippen molar-refractivity contribution in [3.8, 4) is 0 Å². The average Bonchev–Trinajstić information content (AvgIpc) is 2.29. The normalized spacial score (nSPS) is 14.9. The first-order chi connectivity index (χ1) is 8.55. The van der Waals surface area contributed by atoms with Crippen molar-refractivity contribution < 1.29 is 23.5 Å². The monoisotopic (exact) mass is 282 g/mol. The smallest absolute Gasteiger partial charge is 0.328 e. The average molecular weight is 282 g/mol. The van der Waals surface area contributed by atoms with Gasteiger partial charge in [0.1, 0.15) is 0 Å². The Kier molecular flexibility index (Phi) is 11.0. The Labute approximate surface area is 110 Å². The summed E-state index contributed by atoms with van der Waals surface area (Å²) in [5, 5.41) is 0. The third-order valence-corrected chi connectivity index (χ3v) is 3.84. The Hall–Kier alpha value is 0.0700. The quantitative estimate of drug-likeness (QED) is 0.338. The SMILES string of the molecule is CCCCOP(=O)(O)CCCC(OCC)OCC. The van der Waals surface area contributed by atoms with Crippen molar-refractivity contribution in [2.45, 2.75) is 52.7 Å². The van der Waals surface area contributed by atoms with Gasteiger partial charge in [0.25, 0.3) is 0 Å². The Morgan fingerprint density at radius 3 is 2.22 bits per heavy atom. The molecule has 0 heterocycles. The van der Waals surface area contributed by atoms with Crippen LogP contribution in [0.1, 0.15) is 46.5 Å². The van der Waals surface area contributed by atoms with E-state index in [0.29, 0.717) is 32.7 Å². The summed E-state index contributed by atoms with van der Waals surface area (Å²) in [6, 6.07) is 0. The highest BCUT2D eigenvalue weighted by Crippen LogP contribution is 2.43. The maximum Gasteiger partial charge on any atom is 0.328 e. The minimum absolute atomic E-state index is 0.160. The van der Waals surface area contributed by atoms with Crippen LogP contribution in [0.3, 0.4) is 0 Å². The maximum atomic E-state index is 11.6. The van der Waals surface area contributed by atoms with Crippen LogP contribution in [0.15, 0.2) is 0 Å². The van der Waals surface area contributed by atoms with E-state index in [1.54, 1.807) is 0 Å². The van der Waals surface area contributed by atoms with Crippen molar-refractivity contribution >= 4 is 7.60 Å². The molecule has 6 heteroatoms. The minimum Gasteiger partial charge on any atom is -0.353 e. The summed E-state index contributed by atoms with van der Waals surface area (Å²) in [7, 11) is -3.43. The molecule has 0 aliphatic carbocycles. The van der Waals surface area contributed by atoms with E-state index >= 15 is 0 Å². The number of ether oxygens (including phenoxy) is 2. The molecule has 18 heavy (non-hydrogen) atoms. The van der Waals surface area contributed by atoms with Gasteiger partial charge in [0.15, 0.2) is 6.29 Å². The van der Waals surface area contributed by atoms with Gasteiger partial charge in [-0.2, -0.15) is 0 Å². The van der Waals surface area contributed by atoms with E-state index in [4.69, 9.17) is 14.0 Å². The molecule has 5 nitrogen and oxygen atoms in total. The third kappa shape index (κ3) is 10.0. The van der Waals surface area contributed by atoms with Gasteiger partial charge in [-0.1, -0.05) is 13.3 Å². The lowest BCUT2D eigenvalue weighted by Gasteiger charge is -2.17. The number of hydrogen-bond acceptors (Lipinski definition) is 4. The summed E-state index contributed by atoms with van der Waals surface area (Å²) in [4.78, 5) is 9.57. The number of hydrogen-bond donors (Lipinski definition) is 1. The highest BCUT2D eigenvalue weighted by atomic mass is 31.2. The van der Waals surface area contributed by atoms with Gasteiger partial charge in [-0.15, -0.1) is 0 Å². The van der Waals surface area contributed by atoms with E-state index in [1.165, 1.54) is 0 Å². The molecule has 0 aliphatic rings. The van der Waals surface area contributed by atoms with Crippen molar-refractivity contribution in [3.63, 3.8) is 0 Å². The molecular weight excluding hydrogens is 255 g/mol. The van der Waals surface area contributed by atoms with Crippen LogP contribution in [-0.2, 0) is 18.6 Å². The van der Waals surface area contributed by atoms with E-state index in [2.05, 4.69) is 0 Å². The largest absolute Gasteiger partial charge is 0.353 e. The maximum absolute atomic E-state index is 11.6.